The molecular weight excluding hydrogens is 453 g/mol. The summed E-state index contributed by atoms with van der Waals surface area (Å²) in [6, 6.07) is -1.21. The number of carbonyl (C=O) groups is 3. The van der Waals surface area contributed by atoms with E-state index in [0.717, 1.165) is 12.8 Å². The maximum atomic E-state index is 13.3. The van der Waals surface area contributed by atoms with Crippen molar-refractivity contribution >= 4 is 25.0 Å². The molecule has 6 atom stereocenters. The summed E-state index contributed by atoms with van der Waals surface area (Å²) in [7, 11) is -0.619. The van der Waals surface area contributed by atoms with Gasteiger partial charge in [0.2, 0.25) is 11.8 Å². The largest absolute Gasteiger partial charge is 0.481 e. The zero-order valence-electron chi connectivity index (χ0n) is 21.5. The van der Waals surface area contributed by atoms with E-state index < -0.39 is 36.7 Å². The van der Waals surface area contributed by atoms with Crippen LogP contribution in [0.25, 0.3) is 0 Å². The van der Waals surface area contributed by atoms with E-state index in [4.69, 9.17) is 14.0 Å². The van der Waals surface area contributed by atoms with Crippen LogP contribution in [0, 0.1) is 23.2 Å². The van der Waals surface area contributed by atoms with Crippen LogP contribution in [0.1, 0.15) is 60.3 Å². The number of hydrogen-bond donors (Lipinski definition) is 3. The number of morpholine rings is 1. The van der Waals surface area contributed by atoms with Crippen LogP contribution in [-0.4, -0.2) is 85.0 Å². The molecule has 3 saturated carbocycles. The maximum Gasteiger partial charge on any atom is 0.481 e. The highest BCUT2D eigenvalue weighted by Gasteiger charge is 2.68. The lowest BCUT2D eigenvalue weighted by molar-refractivity contribution is -0.199. The number of rotatable bonds is 8. The Kier molecular flexibility index (Phi) is 7.42. The fourth-order valence-electron chi connectivity index (χ4n) is 6.58. The number of carbonyl (C=O) groups excluding carboxylic acids is 2. The van der Waals surface area contributed by atoms with Gasteiger partial charge < -0.3 is 34.7 Å². The Morgan fingerprint density at radius 2 is 1.80 bits per heavy atom. The van der Waals surface area contributed by atoms with Crippen molar-refractivity contribution in [3.05, 3.63) is 0 Å². The van der Waals surface area contributed by atoms with E-state index in [1.807, 2.05) is 0 Å². The molecule has 0 radical (unpaired) electrons. The molecule has 0 aromatic rings. The molecule has 2 unspecified atom stereocenters. The van der Waals surface area contributed by atoms with Crippen LogP contribution in [0.2, 0.25) is 0 Å². The molecule has 3 amide bonds. The molecule has 0 aromatic carbocycles. The van der Waals surface area contributed by atoms with Gasteiger partial charge in [-0.15, -0.1) is 0 Å². The van der Waals surface area contributed by atoms with Crippen molar-refractivity contribution in [2.45, 2.75) is 84.0 Å². The summed E-state index contributed by atoms with van der Waals surface area (Å²) in [6.07, 6.45) is 1.05. The lowest BCUT2D eigenvalue weighted by Crippen LogP contribution is -2.65. The van der Waals surface area contributed by atoms with Crippen LogP contribution in [0.3, 0.4) is 0 Å². The van der Waals surface area contributed by atoms with E-state index in [1.165, 1.54) is 0 Å². The van der Waals surface area contributed by atoms with Gasteiger partial charge in [0.05, 0.1) is 37.3 Å². The van der Waals surface area contributed by atoms with Crippen molar-refractivity contribution < 1.29 is 33.5 Å². The zero-order chi connectivity index (χ0) is 25.5. The molecule has 5 fully saturated rings. The second-order valence-electron chi connectivity index (χ2n) is 11.8. The summed E-state index contributed by atoms with van der Waals surface area (Å²) < 4.78 is 18.3. The smallest absolute Gasteiger partial charge is 0.465 e. The van der Waals surface area contributed by atoms with Crippen molar-refractivity contribution in [2.24, 2.45) is 23.2 Å². The fourth-order valence-corrected chi connectivity index (χ4v) is 6.58. The van der Waals surface area contributed by atoms with Gasteiger partial charge in [-0.1, -0.05) is 27.7 Å². The van der Waals surface area contributed by atoms with Crippen molar-refractivity contribution in [3.63, 3.8) is 0 Å². The highest BCUT2D eigenvalue weighted by molar-refractivity contribution is 6.48. The van der Waals surface area contributed by atoms with Crippen LogP contribution < -0.4 is 10.6 Å². The third kappa shape index (κ3) is 5.18. The van der Waals surface area contributed by atoms with E-state index in [0.29, 0.717) is 44.6 Å². The van der Waals surface area contributed by atoms with E-state index >= 15 is 0 Å². The number of amides is 3. The number of ether oxygens (including phenoxy) is 1. The molecule has 2 bridgehead atoms. The van der Waals surface area contributed by atoms with Gasteiger partial charge in [-0.25, -0.2) is 4.79 Å². The van der Waals surface area contributed by atoms with E-state index in [1.54, 1.807) is 4.90 Å². The number of nitrogens with zero attached hydrogens (tertiary/aromatic N) is 1. The van der Waals surface area contributed by atoms with Crippen molar-refractivity contribution in [1.29, 1.82) is 0 Å². The highest BCUT2D eigenvalue weighted by Crippen LogP contribution is 2.65. The molecule has 2 saturated heterocycles. The Bertz CT molecular complexity index is 834. The maximum absolute atomic E-state index is 13.3. The predicted octanol–water partition coefficient (Wildman–Crippen LogP) is 1.67. The normalized spacial score (nSPS) is 32.9. The van der Waals surface area contributed by atoms with Crippen molar-refractivity contribution in [1.82, 2.24) is 15.5 Å². The summed E-state index contributed by atoms with van der Waals surface area (Å²) >= 11 is 0. The SMILES string of the molecule is CC(C)CC(NC(=O)C(CC(=O)N1CCOCC1)NC(=O)O)B1O[C@H]2C[C@H]3C[C@H](C3(C)C)[C@@]2(C)O1. The average molecular weight is 493 g/mol. The number of hydrogen-bond acceptors (Lipinski definition) is 6. The van der Waals surface area contributed by atoms with Crippen LogP contribution in [0.5, 0.6) is 0 Å². The summed E-state index contributed by atoms with van der Waals surface area (Å²) in [5.41, 5.74) is -0.204. The molecule has 11 heteroatoms. The molecule has 196 valence electrons. The van der Waals surface area contributed by atoms with Crippen molar-refractivity contribution in [3.8, 4) is 0 Å². The minimum absolute atomic E-state index is 0.0216. The van der Waals surface area contributed by atoms with Gasteiger partial charge >= 0.3 is 13.2 Å². The molecular formula is C24H40BN3O7. The Hall–Kier alpha value is -1.85. The second-order valence-corrected chi connectivity index (χ2v) is 11.8. The third-order valence-corrected chi connectivity index (χ3v) is 8.71. The standard InChI is InChI=1S/C24H40BN3O7/c1-14(2)10-19(25-34-18-12-15-11-17(23(15,3)4)24(18,5)35-25)27-21(30)16(26-22(31)32)13-20(29)28-6-8-33-9-7-28/h14-19,26H,6-13H2,1-5H3,(H,27,30)(H,31,32)/t15-,16?,17-,18+,19?,24-/m1/s1. The summed E-state index contributed by atoms with van der Waals surface area (Å²) in [5, 5.41) is 14.5. The summed E-state index contributed by atoms with van der Waals surface area (Å²) in [4.78, 5) is 39.0. The fraction of sp³-hybridized carbons (Fsp3) is 0.875. The lowest BCUT2D eigenvalue weighted by Gasteiger charge is -2.64. The minimum Gasteiger partial charge on any atom is -0.465 e. The second kappa shape index (κ2) is 9.90. The number of carboxylic acid groups (broad SMARTS) is 1. The molecule has 10 nitrogen and oxygen atoms in total. The van der Waals surface area contributed by atoms with Gasteiger partial charge in [0.15, 0.2) is 0 Å². The first-order valence-electron chi connectivity index (χ1n) is 12.9. The topological polar surface area (TPSA) is 126 Å². The van der Waals surface area contributed by atoms with Gasteiger partial charge in [0.1, 0.15) is 6.04 Å². The Morgan fingerprint density at radius 1 is 1.11 bits per heavy atom. The Labute approximate surface area is 207 Å². The first-order valence-corrected chi connectivity index (χ1v) is 12.9. The molecule has 3 N–H and O–H groups in total. The Balaban J connectivity index is 1.45. The van der Waals surface area contributed by atoms with E-state index in [2.05, 4.69) is 45.3 Å². The van der Waals surface area contributed by atoms with Gasteiger partial charge in [-0.2, -0.15) is 0 Å². The molecule has 5 aliphatic rings. The van der Waals surface area contributed by atoms with Crippen LogP contribution in [0.15, 0.2) is 0 Å². The third-order valence-electron chi connectivity index (χ3n) is 8.71. The van der Waals surface area contributed by atoms with Gasteiger partial charge in [-0.05, 0) is 49.4 Å². The molecule has 35 heavy (non-hydrogen) atoms. The molecule has 3 aliphatic carbocycles. The van der Waals surface area contributed by atoms with E-state index in [-0.39, 0.29) is 29.8 Å². The molecule has 2 aliphatic heterocycles. The summed E-state index contributed by atoms with van der Waals surface area (Å²) in [5.74, 6) is -0.0307. The minimum atomic E-state index is -1.35. The average Bonchev–Trinajstić information content (AvgIpc) is 3.15. The van der Waals surface area contributed by atoms with Gasteiger partial charge in [-0.3, -0.25) is 9.59 Å². The van der Waals surface area contributed by atoms with Crippen LogP contribution in [-0.2, 0) is 23.6 Å². The first-order chi connectivity index (χ1) is 16.4. The number of nitrogens with one attached hydrogen (secondary N) is 2. The first kappa shape index (κ1) is 26.2. The quantitative estimate of drug-likeness (QED) is 0.439. The predicted molar refractivity (Wildman–Crippen MR) is 128 cm³/mol. The molecule has 2 heterocycles. The van der Waals surface area contributed by atoms with Gasteiger partial charge in [0.25, 0.3) is 0 Å². The molecule has 5 rings (SSSR count). The van der Waals surface area contributed by atoms with Crippen molar-refractivity contribution in [2.75, 3.05) is 26.3 Å². The monoisotopic (exact) mass is 493 g/mol. The lowest BCUT2D eigenvalue weighted by atomic mass is 9.43. The van der Waals surface area contributed by atoms with Gasteiger partial charge in [0, 0.05) is 13.1 Å². The Morgan fingerprint density at radius 3 is 2.40 bits per heavy atom. The highest BCUT2D eigenvalue weighted by atomic mass is 16.7. The van der Waals surface area contributed by atoms with Crippen LogP contribution >= 0.6 is 0 Å². The van der Waals surface area contributed by atoms with Crippen LogP contribution in [0.4, 0.5) is 4.79 Å². The summed E-state index contributed by atoms with van der Waals surface area (Å²) in [6.45, 7) is 12.5. The zero-order valence-corrected chi connectivity index (χ0v) is 21.5. The molecule has 0 spiro atoms. The molecule has 0 aromatic heterocycles. The van der Waals surface area contributed by atoms with E-state index in [9.17, 15) is 19.5 Å².